The average Bonchev–Trinajstić information content (AvgIpc) is 3.22. The maximum atomic E-state index is 10.7. The van der Waals surface area contributed by atoms with E-state index in [1.165, 1.54) is 4.88 Å². The van der Waals surface area contributed by atoms with Crippen LogP contribution >= 0.6 is 11.3 Å². The number of nitrogens with one attached hydrogen (secondary N) is 1. The number of thiazole rings is 1. The molecule has 5 nitrogen and oxygen atoms in total. The van der Waals surface area contributed by atoms with Crippen molar-refractivity contribution in [2.24, 2.45) is 23.7 Å². The maximum absolute atomic E-state index is 10.7. The van der Waals surface area contributed by atoms with Gasteiger partial charge >= 0.3 is 0 Å². The first kappa shape index (κ1) is 18.1. The lowest BCUT2D eigenvalue weighted by Crippen LogP contribution is -2.27. The predicted molar refractivity (Wildman–Crippen MR) is 102 cm³/mol. The van der Waals surface area contributed by atoms with Crippen LogP contribution in [-0.4, -0.2) is 25.4 Å². The number of hydrogen-bond donors (Lipinski definition) is 3. The summed E-state index contributed by atoms with van der Waals surface area (Å²) in [5, 5.41) is 29.6. The van der Waals surface area contributed by atoms with Gasteiger partial charge in [0.1, 0.15) is 6.10 Å². The van der Waals surface area contributed by atoms with Gasteiger partial charge in [0.25, 0.3) is 0 Å². The fraction of sp³-hybridized carbons (Fsp3) is 0.700. The van der Waals surface area contributed by atoms with Gasteiger partial charge in [-0.2, -0.15) is 5.10 Å². The smallest absolute Gasteiger partial charge is 0.100 e. The number of fused-ring (bicyclic) bond motifs is 2. The first-order valence-electron chi connectivity index (χ1n) is 9.82. The van der Waals surface area contributed by atoms with E-state index >= 15 is 0 Å². The highest BCUT2D eigenvalue weighted by Gasteiger charge is 2.35. The number of hydrogen-bond acceptors (Lipinski definition) is 5. The molecule has 4 rings (SSSR count). The van der Waals surface area contributed by atoms with Crippen LogP contribution in [0.1, 0.15) is 72.7 Å². The second-order valence-electron chi connectivity index (χ2n) is 8.45. The quantitative estimate of drug-likeness (QED) is 0.763. The molecule has 5 unspecified atom stereocenters. The Morgan fingerprint density at radius 3 is 2.69 bits per heavy atom. The van der Waals surface area contributed by atoms with Gasteiger partial charge in [-0.15, -0.1) is 11.3 Å². The van der Waals surface area contributed by atoms with Gasteiger partial charge in [0.15, 0.2) is 0 Å². The first-order valence-corrected chi connectivity index (χ1v) is 10.6. The zero-order valence-electron chi connectivity index (χ0n) is 15.8. The Balaban J connectivity index is 1.48. The average molecular weight is 376 g/mol. The summed E-state index contributed by atoms with van der Waals surface area (Å²) in [7, 11) is 0. The fourth-order valence-electron chi connectivity index (χ4n) is 4.76. The second kappa shape index (κ2) is 7.06. The van der Waals surface area contributed by atoms with Crippen LogP contribution in [0.4, 0.5) is 0 Å². The van der Waals surface area contributed by atoms with Crippen LogP contribution in [0.5, 0.6) is 0 Å². The molecule has 0 saturated carbocycles. The molecule has 0 bridgehead atoms. The van der Waals surface area contributed by atoms with Gasteiger partial charge in [-0.25, -0.2) is 4.98 Å². The molecule has 2 aliphatic carbocycles. The molecule has 2 heterocycles. The lowest BCUT2D eigenvalue weighted by molar-refractivity contribution is 0.0578. The third-order valence-electron chi connectivity index (χ3n) is 6.45. The second-order valence-corrected chi connectivity index (χ2v) is 9.61. The minimum absolute atomic E-state index is 0.220. The normalized spacial score (nSPS) is 29.5. The molecule has 2 aromatic rings. The van der Waals surface area contributed by atoms with Crippen molar-refractivity contribution in [3.05, 3.63) is 33.0 Å². The number of nitrogens with zero attached hydrogens (tertiary/aromatic N) is 2. The van der Waals surface area contributed by atoms with E-state index < -0.39 is 12.2 Å². The van der Waals surface area contributed by atoms with Crippen molar-refractivity contribution in [2.45, 2.75) is 65.1 Å². The molecule has 0 saturated heterocycles. The fourth-order valence-corrected chi connectivity index (χ4v) is 6.03. The van der Waals surface area contributed by atoms with Gasteiger partial charge in [-0.05, 0) is 54.9 Å². The van der Waals surface area contributed by atoms with E-state index in [2.05, 4.69) is 31.0 Å². The Bertz CT molecular complexity index is 769. The third kappa shape index (κ3) is 3.12. The summed E-state index contributed by atoms with van der Waals surface area (Å²) in [6, 6.07) is 0. The van der Waals surface area contributed by atoms with E-state index in [0.29, 0.717) is 17.8 Å². The summed E-state index contributed by atoms with van der Waals surface area (Å²) in [5.74, 6) is 1.35. The summed E-state index contributed by atoms with van der Waals surface area (Å²) < 4.78 is 0. The molecule has 2 aromatic heterocycles. The zero-order valence-corrected chi connectivity index (χ0v) is 16.6. The van der Waals surface area contributed by atoms with Gasteiger partial charge in [0.05, 0.1) is 28.7 Å². The van der Waals surface area contributed by atoms with Gasteiger partial charge in [0, 0.05) is 11.3 Å². The van der Waals surface area contributed by atoms with Crippen molar-refractivity contribution in [2.75, 3.05) is 0 Å². The molecule has 0 aliphatic heterocycles. The number of aromatic amines is 1. The van der Waals surface area contributed by atoms with Crippen molar-refractivity contribution in [3.8, 4) is 0 Å². The van der Waals surface area contributed by atoms with Crippen LogP contribution in [0.3, 0.4) is 0 Å². The maximum Gasteiger partial charge on any atom is 0.100 e. The molecule has 142 valence electrons. The number of H-pyrrole nitrogens is 1. The minimum atomic E-state index is -0.471. The van der Waals surface area contributed by atoms with E-state index in [1.54, 1.807) is 11.3 Å². The monoisotopic (exact) mass is 375 g/mol. The van der Waals surface area contributed by atoms with E-state index in [1.807, 2.05) is 6.20 Å². The van der Waals surface area contributed by atoms with Crippen molar-refractivity contribution in [1.82, 2.24) is 15.2 Å². The molecule has 6 heteroatoms. The van der Waals surface area contributed by atoms with Crippen molar-refractivity contribution in [1.29, 1.82) is 0 Å². The largest absolute Gasteiger partial charge is 0.387 e. The number of aliphatic hydroxyl groups is 2. The summed E-state index contributed by atoms with van der Waals surface area (Å²) in [4.78, 5) is 6.09. The van der Waals surface area contributed by atoms with E-state index in [9.17, 15) is 10.2 Å². The standard InChI is InChI=1S/C20H29N3O2S/c1-10(2)13-6-7-15-18(19(13)24)22-16(26-15)8-11(3)14-5-4-12-9-21-23-17(12)20(14)25/h9-11,13-14,19-20,24-25H,4-8H2,1-3H3,(H,21,23). The molecule has 26 heavy (non-hydrogen) atoms. The molecule has 2 aliphatic rings. The number of aliphatic hydroxyl groups excluding tert-OH is 2. The molecular weight excluding hydrogens is 346 g/mol. The number of aryl methyl sites for hydroxylation is 2. The van der Waals surface area contributed by atoms with E-state index in [4.69, 9.17) is 4.98 Å². The summed E-state index contributed by atoms with van der Waals surface area (Å²) in [6.45, 7) is 6.58. The van der Waals surface area contributed by atoms with Gasteiger partial charge in [-0.1, -0.05) is 20.8 Å². The Morgan fingerprint density at radius 2 is 1.92 bits per heavy atom. The molecule has 0 amide bonds. The molecule has 5 atom stereocenters. The van der Waals surface area contributed by atoms with Crippen molar-refractivity contribution in [3.63, 3.8) is 0 Å². The number of aromatic nitrogens is 3. The third-order valence-corrected chi connectivity index (χ3v) is 7.60. The van der Waals surface area contributed by atoms with Gasteiger partial charge in [-0.3, -0.25) is 5.10 Å². The molecule has 0 aromatic carbocycles. The number of rotatable bonds is 4. The molecular formula is C20H29N3O2S. The molecule has 0 radical (unpaired) electrons. The first-order chi connectivity index (χ1) is 12.5. The van der Waals surface area contributed by atoms with Crippen LogP contribution in [-0.2, 0) is 19.3 Å². The van der Waals surface area contributed by atoms with Gasteiger partial charge < -0.3 is 10.2 Å². The Kier molecular flexibility index (Phi) is 4.92. The Hall–Kier alpha value is -1.24. The zero-order chi connectivity index (χ0) is 18.4. The lowest BCUT2D eigenvalue weighted by atomic mass is 9.77. The SMILES string of the molecule is CC(C)C1CCc2sc(CC(C)C3CCc4cn[nH]c4C3O)nc2C1O. The minimum Gasteiger partial charge on any atom is -0.387 e. The van der Waals surface area contributed by atoms with Crippen molar-refractivity contribution >= 4 is 11.3 Å². The summed E-state index contributed by atoms with van der Waals surface area (Å²) in [5.41, 5.74) is 2.96. The molecule has 3 N–H and O–H groups in total. The summed E-state index contributed by atoms with van der Waals surface area (Å²) >= 11 is 1.76. The van der Waals surface area contributed by atoms with Crippen LogP contribution in [0.15, 0.2) is 6.20 Å². The van der Waals surface area contributed by atoms with Gasteiger partial charge in [0.2, 0.25) is 0 Å². The van der Waals surface area contributed by atoms with Crippen LogP contribution in [0, 0.1) is 23.7 Å². The summed E-state index contributed by atoms with van der Waals surface area (Å²) in [6.07, 6.45) is 5.84. The predicted octanol–water partition coefficient (Wildman–Crippen LogP) is 3.59. The Morgan fingerprint density at radius 1 is 1.15 bits per heavy atom. The highest BCUT2D eigenvalue weighted by atomic mass is 32.1. The highest BCUT2D eigenvalue weighted by Crippen LogP contribution is 2.42. The highest BCUT2D eigenvalue weighted by molar-refractivity contribution is 7.11. The molecule has 0 fully saturated rings. The van der Waals surface area contributed by atoms with E-state index in [-0.39, 0.29) is 5.92 Å². The lowest BCUT2D eigenvalue weighted by Gasteiger charge is -2.31. The van der Waals surface area contributed by atoms with E-state index in [0.717, 1.165) is 54.1 Å². The van der Waals surface area contributed by atoms with Crippen LogP contribution in [0.2, 0.25) is 0 Å². The van der Waals surface area contributed by atoms with Crippen molar-refractivity contribution < 1.29 is 10.2 Å². The molecule has 0 spiro atoms. The van der Waals surface area contributed by atoms with Crippen LogP contribution < -0.4 is 0 Å². The Labute approximate surface area is 158 Å². The van der Waals surface area contributed by atoms with Crippen LogP contribution in [0.25, 0.3) is 0 Å². The topological polar surface area (TPSA) is 82.0 Å².